The van der Waals surface area contributed by atoms with Crippen molar-refractivity contribution < 1.29 is 4.42 Å². The molecule has 12 rings (SSSR count). The Morgan fingerprint density at radius 3 is 1.24 bits per heavy atom. The van der Waals surface area contributed by atoms with Crippen LogP contribution in [-0.4, -0.2) is 15.0 Å². The molecule has 2 heterocycles. The van der Waals surface area contributed by atoms with Crippen LogP contribution in [0, 0.1) is 0 Å². The summed E-state index contributed by atoms with van der Waals surface area (Å²) in [4.78, 5) is 14.8. The molecule has 0 atom stereocenters. The quantitative estimate of drug-likeness (QED) is 0.164. The van der Waals surface area contributed by atoms with E-state index in [0.29, 0.717) is 17.5 Å². The highest BCUT2D eigenvalue weighted by Gasteiger charge is 2.18. The first kappa shape index (κ1) is 33.2. The van der Waals surface area contributed by atoms with Crippen molar-refractivity contribution in [3.8, 4) is 56.4 Å². The Morgan fingerprint density at radius 2 is 0.661 bits per heavy atom. The highest BCUT2D eigenvalue weighted by atomic mass is 16.3. The zero-order valence-corrected chi connectivity index (χ0v) is 31.8. The second-order valence-corrected chi connectivity index (χ2v) is 15.1. The Bertz CT molecular complexity index is 3500. The molecule has 59 heavy (non-hydrogen) atoms. The third-order valence-corrected chi connectivity index (χ3v) is 11.7. The molecule has 0 aliphatic carbocycles. The van der Waals surface area contributed by atoms with Crippen LogP contribution in [-0.2, 0) is 0 Å². The summed E-state index contributed by atoms with van der Waals surface area (Å²) < 4.78 is 6.78. The van der Waals surface area contributed by atoms with Crippen molar-refractivity contribution in [2.75, 3.05) is 0 Å². The van der Waals surface area contributed by atoms with E-state index in [-0.39, 0.29) is 0 Å². The average molecular weight is 752 g/mol. The lowest BCUT2D eigenvalue weighted by Crippen LogP contribution is -2.00. The number of hydrogen-bond acceptors (Lipinski definition) is 4. The molecule has 10 aromatic carbocycles. The Labute approximate surface area is 339 Å². The van der Waals surface area contributed by atoms with E-state index >= 15 is 0 Å². The molecular weight excluding hydrogens is 719 g/mol. The lowest BCUT2D eigenvalue weighted by Gasteiger charge is -2.12. The van der Waals surface area contributed by atoms with Gasteiger partial charge in [-0.05, 0) is 84.2 Å². The lowest BCUT2D eigenvalue weighted by atomic mass is 9.92. The number of nitrogens with zero attached hydrogens (tertiary/aromatic N) is 3. The molecule has 0 bridgehead atoms. The molecule has 0 saturated carbocycles. The van der Waals surface area contributed by atoms with Gasteiger partial charge in [0.15, 0.2) is 17.5 Å². The van der Waals surface area contributed by atoms with Gasteiger partial charge in [0.1, 0.15) is 11.2 Å². The van der Waals surface area contributed by atoms with Crippen LogP contribution in [0.4, 0.5) is 0 Å². The third-order valence-electron chi connectivity index (χ3n) is 11.7. The molecule has 0 fully saturated rings. The molecule has 4 nitrogen and oxygen atoms in total. The van der Waals surface area contributed by atoms with Crippen molar-refractivity contribution in [3.63, 3.8) is 0 Å². The Morgan fingerprint density at radius 1 is 0.254 bits per heavy atom. The third kappa shape index (κ3) is 5.49. The molecule has 274 valence electrons. The van der Waals surface area contributed by atoms with Crippen molar-refractivity contribution in [2.45, 2.75) is 0 Å². The summed E-state index contributed by atoms with van der Waals surface area (Å²) in [5.41, 5.74) is 9.13. The van der Waals surface area contributed by atoms with Gasteiger partial charge in [-0.1, -0.05) is 176 Å². The monoisotopic (exact) mass is 751 g/mol. The SMILES string of the molecule is c1ccc(-c2nc(-c3ccccc3)nc(-c3ccc(-c4cc5c6ccc(-c7ccc8c9ccccc9c9ccccc9c8c7)cc6oc5c5ccccc45)cc3)n2)cc1. The van der Waals surface area contributed by atoms with E-state index in [1.165, 1.54) is 32.3 Å². The first-order valence-electron chi connectivity index (χ1n) is 19.9. The average Bonchev–Trinajstić information content (AvgIpc) is 3.70. The number of benzene rings is 10. The topological polar surface area (TPSA) is 51.8 Å². The number of rotatable bonds is 5. The summed E-state index contributed by atoms with van der Waals surface area (Å²) in [5, 5.41) is 12.0. The van der Waals surface area contributed by atoms with Crippen LogP contribution < -0.4 is 0 Å². The fraction of sp³-hybridized carbons (Fsp3) is 0. The van der Waals surface area contributed by atoms with Crippen molar-refractivity contribution in [1.82, 2.24) is 15.0 Å². The van der Waals surface area contributed by atoms with Crippen molar-refractivity contribution in [1.29, 1.82) is 0 Å². The van der Waals surface area contributed by atoms with E-state index in [0.717, 1.165) is 71.7 Å². The van der Waals surface area contributed by atoms with Gasteiger partial charge in [0.2, 0.25) is 0 Å². The Kier molecular flexibility index (Phi) is 7.50. The molecule has 0 amide bonds. The largest absolute Gasteiger partial charge is 0.455 e. The minimum atomic E-state index is 0.633. The second kappa shape index (κ2) is 13.3. The molecule has 0 radical (unpaired) electrons. The summed E-state index contributed by atoms with van der Waals surface area (Å²) in [6.45, 7) is 0. The fourth-order valence-corrected chi connectivity index (χ4v) is 8.84. The molecule has 0 N–H and O–H groups in total. The summed E-state index contributed by atoms with van der Waals surface area (Å²) in [6.07, 6.45) is 0. The smallest absolute Gasteiger partial charge is 0.164 e. The first-order chi connectivity index (χ1) is 29.2. The molecule has 12 aromatic rings. The maximum absolute atomic E-state index is 6.78. The van der Waals surface area contributed by atoms with Crippen molar-refractivity contribution in [2.24, 2.45) is 0 Å². The van der Waals surface area contributed by atoms with Crippen LogP contribution in [0.25, 0.3) is 121 Å². The summed E-state index contributed by atoms with van der Waals surface area (Å²) in [5.74, 6) is 1.93. The van der Waals surface area contributed by atoms with Crippen LogP contribution in [0.2, 0.25) is 0 Å². The van der Waals surface area contributed by atoms with E-state index in [9.17, 15) is 0 Å². The van der Waals surface area contributed by atoms with Gasteiger partial charge >= 0.3 is 0 Å². The van der Waals surface area contributed by atoms with Gasteiger partial charge in [0.25, 0.3) is 0 Å². The van der Waals surface area contributed by atoms with E-state index in [2.05, 4.69) is 140 Å². The van der Waals surface area contributed by atoms with E-state index in [1.807, 2.05) is 60.7 Å². The predicted octanol–water partition coefficient (Wildman–Crippen LogP) is 14.7. The molecule has 0 saturated heterocycles. The van der Waals surface area contributed by atoms with Gasteiger partial charge in [-0.2, -0.15) is 0 Å². The van der Waals surface area contributed by atoms with E-state index in [1.54, 1.807) is 0 Å². The zero-order valence-electron chi connectivity index (χ0n) is 31.8. The van der Waals surface area contributed by atoms with E-state index in [4.69, 9.17) is 19.4 Å². The summed E-state index contributed by atoms with van der Waals surface area (Å²) >= 11 is 0. The number of hydrogen-bond donors (Lipinski definition) is 0. The highest BCUT2D eigenvalue weighted by Crippen LogP contribution is 2.42. The zero-order chi connectivity index (χ0) is 38.9. The molecule has 0 spiro atoms. The molecule has 4 heteroatoms. The predicted molar refractivity (Wildman–Crippen MR) is 244 cm³/mol. The number of fused-ring (bicyclic) bond motifs is 11. The fourth-order valence-electron chi connectivity index (χ4n) is 8.84. The normalized spacial score (nSPS) is 11.7. The van der Waals surface area contributed by atoms with Crippen LogP contribution in [0.3, 0.4) is 0 Å². The molecule has 0 unspecified atom stereocenters. The first-order valence-corrected chi connectivity index (χ1v) is 19.9. The summed E-state index contributed by atoms with van der Waals surface area (Å²) in [7, 11) is 0. The molecule has 2 aromatic heterocycles. The molecule has 0 aliphatic heterocycles. The van der Waals surface area contributed by atoms with Gasteiger partial charge < -0.3 is 4.42 Å². The second-order valence-electron chi connectivity index (χ2n) is 15.1. The van der Waals surface area contributed by atoms with Gasteiger partial charge in [0.05, 0.1) is 0 Å². The van der Waals surface area contributed by atoms with Gasteiger partial charge in [0, 0.05) is 32.8 Å². The number of aromatic nitrogens is 3. The van der Waals surface area contributed by atoms with Crippen LogP contribution in [0.1, 0.15) is 0 Å². The minimum Gasteiger partial charge on any atom is -0.455 e. The summed E-state index contributed by atoms with van der Waals surface area (Å²) in [6, 6.07) is 70.5. The standard InChI is InChI=1S/C55H33N3O/c1-3-13-35(14-4-1)53-56-54(36-15-5-2-6-16-36)58-55(57-53)37-25-23-34(24-26-37)48-33-50-46-30-28-39(32-51(46)59-52(50)47-22-12-11-21-44(47)48)38-27-29-45-42-19-8-7-17-40(42)41-18-9-10-20-43(41)49(45)31-38/h1-33H. The molecule has 0 aliphatic rings. The van der Waals surface area contributed by atoms with Crippen LogP contribution >= 0.6 is 0 Å². The number of furan rings is 1. The van der Waals surface area contributed by atoms with Crippen LogP contribution in [0.5, 0.6) is 0 Å². The van der Waals surface area contributed by atoms with Crippen molar-refractivity contribution in [3.05, 3.63) is 200 Å². The Balaban J connectivity index is 0.961. The Hall–Kier alpha value is -7.95. The van der Waals surface area contributed by atoms with Crippen molar-refractivity contribution >= 4 is 65.0 Å². The van der Waals surface area contributed by atoms with E-state index < -0.39 is 0 Å². The van der Waals surface area contributed by atoms with Crippen LogP contribution in [0.15, 0.2) is 205 Å². The molecular formula is C55H33N3O. The highest BCUT2D eigenvalue weighted by molar-refractivity contribution is 6.26. The van der Waals surface area contributed by atoms with Gasteiger partial charge in [-0.25, -0.2) is 15.0 Å². The lowest BCUT2D eigenvalue weighted by molar-refractivity contribution is 0.673. The van der Waals surface area contributed by atoms with Gasteiger partial charge in [-0.15, -0.1) is 0 Å². The van der Waals surface area contributed by atoms with Gasteiger partial charge in [-0.3, -0.25) is 0 Å². The maximum Gasteiger partial charge on any atom is 0.164 e. The minimum absolute atomic E-state index is 0.633. The maximum atomic E-state index is 6.78.